The molecule has 0 aliphatic heterocycles. The summed E-state index contributed by atoms with van der Waals surface area (Å²) >= 11 is 0. The molecule has 1 heterocycles. The third-order valence-corrected chi connectivity index (χ3v) is 6.75. The van der Waals surface area contributed by atoms with Gasteiger partial charge in [0.1, 0.15) is 12.4 Å². The van der Waals surface area contributed by atoms with Crippen molar-refractivity contribution in [2.45, 2.75) is 51.9 Å². The topological polar surface area (TPSA) is 76.0 Å². The van der Waals surface area contributed by atoms with Crippen molar-refractivity contribution in [3.63, 3.8) is 0 Å². The lowest BCUT2D eigenvalue weighted by Gasteiger charge is -2.27. The van der Waals surface area contributed by atoms with Gasteiger partial charge in [0.05, 0.1) is 16.9 Å². The first kappa shape index (κ1) is 26.8. The Morgan fingerprint density at radius 1 is 1.00 bits per heavy atom. The Morgan fingerprint density at radius 3 is 2.31 bits per heavy atom. The molecule has 0 radical (unpaired) electrons. The summed E-state index contributed by atoms with van der Waals surface area (Å²) in [7, 11) is -4.40. The molecular weight excluding hydrogens is 484 g/mol. The largest absolute Gasteiger partial charge is 0.402 e. The molecule has 3 aromatic rings. The highest BCUT2D eigenvalue weighted by Gasteiger charge is 2.32. The normalized spacial score (nSPS) is 12.8. The number of benzene rings is 2. The van der Waals surface area contributed by atoms with E-state index in [0.717, 1.165) is 22.5 Å². The molecule has 3 rings (SSSR count). The van der Waals surface area contributed by atoms with Crippen LogP contribution in [-0.4, -0.2) is 30.9 Å². The number of hydrogen-bond donors (Lipinski definition) is 2. The fraction of sp³-hybridized carbons (Fsp3) is 0.375. The van der Waals surface area contributed by atoms with Crippen molar-refractivity contribution >= 4 is 10.2 Å². The van der Waals surface area contributed by atoms with E-state index < -0.39 is 28.5 Å². The minimum atomic E-state index is -4.66. The molecule has 0 saturated heterocycles. The van der Waals surface area contributed by atoms with E-state index in [2.05, 4.69) is 9.82 Å². The van der Waals surface area contributed by atoms with Crippen molar-refractivity contribution in [2.75, 3.05) is 6.54 Å². The third-order valence-electron chi connectivity index (χ3n) is 5.45. The van der Waals surface area contributed by atoms with Crippen molar-refractivity contribution in [1.82, 2.24) is 19.2 Å². The summed E-state index contributed by atoms with van der Waals surface area (Å²) in [4.78, 5) is 0. The van der Waals surface area contributed by atoms with E-state index in [-0.39, 0.29) is 5.82 Å². The van der Waals surface area contributed by atoms with Gasteiger partial charge < -0.3 is 0 Å². The molecule has 0 unspecified atom stereocenters. The minimum Gasteiger partial charge on any atom is -0.265 e. The lowest BCUT2D eigenvalue weighted by molar-refractivity contribution is -0.121. The zero-order chi connectivity index (χ0) is 25.9. The summed E-state index contributed by atoms with van der Waals surface area (Å²) < 4.78 is 80.5. The number of halogens is 4. The Bertz CT molecular complexity index is 1250. The second-order valence-electron chi connectivity index (χ2n) is 8.71. The summed E-state index contributed by atoms with van der Waals surface area (Å²) in [6, 6.07) is 15.4. The smallest absolute Gasteiger partial charge is 0.265 e. The molecule has 0 bridgehead atoms. The zero-order valence-electron chi connectivity index (χ0n) is 19.7. The van der Waals surface area contributed by atoms with E-state index >= 15 is 0 Å². The lowest BCUT2D eigenvalue weighted by atomic mass is 9.93. The fourth-order valence-corrected chi connectivity index (χ4v) is 4.88. The van der Waals surface area contributed by atoms with Crippen LogP contribution in [-0.2, 0) is 35.1 Å². The van der Waals surface area contributed by atoms with Gasteiger partial charge in [0, 0.05) is 12.1 Å². The molecule has 190 valence electrons. The summed E-state index contributed by atoms with van der Waals surface area (Å²) in [5, 5.41) is 4.65. The van der Waals surface area contributed by atoms with Gasteiger partial charge in [-0.15, -0.1) is 0 Å². The maximum absolute atomic E-state index is 13.1. The van der Waals surface area contributed by atoms with E-state index in [1.54, 1.807) is 44.2 Å². The van der Waals surface area contributed by atoms with E-state index in [4.69, 9.17) is 0 Å². The molecule has 0 saturated carbocycles. The van der Waals surface area contributed by atoms with Gasteiger partial charge in [0.2, 0.25) is 0 Å². The lowest BCUT2D eigenvalue weighted by Crippen LogP contribution is -2.48. The van der Waals surface area contributed by atoms with Gasteiger partial charge in [0.25, 0.3) is 10.2 Å². The van der Waals surface area contributed by atoms with Crippen molar-refractivity contribution < 1.29 is 26.0 Å². The number of nitrogens with one attached hydrogen (secondary N) is 2. The van der Waals surface area contributed by atoms with E-state index in [9.17, 15) is 26.0 Å². The number of alkyl halides is 3. The van der Waals surface area contributed by atoms with Crippen molar-refractivity contribution in [3.8, 4) is 11.3 Å². The number of nitrogens with zero attached hydrogens (tertiary/aromatic N) is 2. The monoisotopic (exact) mass is 512 g/mol. The van der Waals surface area contributed by atoms with Crippen LogP contribution in [0.2, 0.25) is 0 Å². The SMILES string of the molecule is CCn1nc(CCc2ccc(F)cc2)cc1-c1cccc(C(C)(C)NS(=O)(=O)NCC(F)(F)F)c1. The van der Waals surface area contributed by atoms with Crippen molar-refractivity contribution in [2.24, 2.45) is 0 Å². The predicted octanol–water partition coefficient (Wildman–Crippen LogP) is 4.72. The van der Waals surface area contributed by atoms with Gasteiger partial charge in [-0.05, 0) is 69.0 Å². The fourth-order valence-electron chi connectivity index (χ4n) is 3.66. The van der Waals surface area contributed by atoms with E-state index in [0.29, 0.717) is 24.9 Å². The number of rotatable bonds is 10. The first-order chi connectivity index (χ1) is 16.3. The quantitative estimate of drug-likeness (QED) is 0.386. The van der Waals surface area contributed by atoms with Gasteiger partial charge in [-0.3, -0.25) is 4.68 Å². The van der Waals surface area contributed by atoms with Gasteiger partial charge in [0.15, 0.2) is 0 Å². The first-order valence-corrected chi connectivity index (χ1v) is 12.5. The van der Waals surface area contributed by atoms with Crippen LogP contribution in [0.4, 0.5) is 17.6 Å². The third kappa shape index (κ3) is 7.61. The molecule has 2 aromatic carbocycles. The van der Waals surface area contributed by atoms with Crippen LogP contribution in [0.3, 0.4) is 0 Å². The van der Waals surface area contributed by atoms with Crippen molar-refractivity contribution in [1.29, 1.82) is 0 Å². The van der Waals surface area contributed by atoms with Gasteiger partial charge >= 0.3 is 6.18 Å². The Hall–Kier alpha value is -2.76. The highest BCUT2D eigenvalue weighted by molar-refractivity contribution is 7.87. The average Bonchev–Trinajstić information content (AvgIpc) is 3.20. The molecule has 35 heavy (non-hydrogen) atoms. The highest BCUT2D eigenvalue weighted by atomic mass is 32.2. The summed E-state index contributed by atoms with van der Waals surface area (Å²) in [6.07, 6.45) is -3.31. The van der Waals surface area contributed by atoms with Crippen LogP contribution in [0.5, 0.6) is 0 Å². The number of aromatic nitrogens is 2. The van der Waals surface area contributed by atoms with Crippen LogP contribution >= 0.6 is 0 Å². The first-order valence-electron chi connectivity index (χ1n) is 11.1. The molecule has 0 fully saturated rings. The molecule has 6 nitrogen and oxygen atoms in total. The van der Waals surface area contributed by atoms with E-state index in [1.165, 1.54) is 16.9 Å². The predicted molar refractivity (Wildman–Crippen MR) is 126 cm³/mol. The second-order valence-corrected chi connectivity index (χ2v) is 10.2. The molecule has 0 atom stereocenters. The zero-order valence-corrected chi connectivity index (χ0v) is 20.5. The van der Waals surface area contributed by atoms with Gasteiger partial charge in [-0.2, -0.15) is 36.1 Å². The second kappa shape index (κ2) is 10.5. The van der Waals surface area contributed by atoms with Crippen LogP contribution in [0.1, 0.15) is 37.6 Å². The summed E-state index contributed by atoms with van der Waals surface area (Å²) in [6.45, 7) is 4.05. The minimum absolute atomic E-state index is 0.285. The molecule has 0 spiro atoms. The van der Waals surface area contributed by atoms with Crippen LogP contribution in [0, 0.1) is 5.82 Å². The Morgan fingerprint density at radius 2 is 1.69 bits per heavy atom. The Labute approximate surface area is 202 Å². The summed E-state index contributed by atoms with van der Waals surface area (Å²) in [5.41, 5.74) is 2.86. The molecular formula is C24H28F4N4O2S. The maximum atomic E-state index is 13.1. The molecule has 0 aliphatic carbocycles. The van der Waals surface area contributed by atoms with Gasteiger partial charge in [-0.1, -0.05) is 30.3 Å². The standard InChI is InChI=1S/C24H28F4N4O2S/c1-4-32-22(15-21(30-32)13-10-17-8-11-20(25)12-9-17)18-6-5-7-19(14-18)23(2,3)31-35(33,34)29-16-24(26,27)28/h5-9,11-12,14-15,29,31H,4,10,13,16H2,1-3H3. The molecule has 11 heteroatoms. The maximum Gasteiger partial charge on any atom is 0.402 e. The molecule has 0 aliphatic rings. The number of aryl methyl sites for hydroxylation is 3. The molecule has 2 N–H and O–H groups in total. The van der Waals surface area contributed by atoms with Crippen molar-refractivity contribution in [3.05, 3.63) is 77.2 Å². The Balaban J connectivity index is 1.80. The van der Waals surface area contributed by atoms with E-state index in [1.807, 2.05) is 23.7 Å². The van der Waals surface area contributed by atoms with Gasteiger partial charge in [-0.25, -0.2) is 4.39 Å². The average molecular weight is 513 g/mol. The number of hydrogen-bond acceptors (Lipinski definition) is 3. The molecule has 0 amide bonds. The summed E-state index contributed by atoms with van der Waals surface area (Å²) in [5.74, 6) is -0.285. The molecule has 1 aromatic heterocycles. The van der Waals surface area contributed by atoms with Crippen LogP contribution in [0.25, 0.3) is 11.3 Å². The highest BCUT2D eigenvalue weighted by Crippen LogP contribution is 2.28. The van der Waals surface area contributed by atoms with Crippen LogP contribution < -0.4 is 9.44 Å². The van der Waals surface area contributed by atoms with Crippen LogP contribution in [0.15, 0.2) is 54.6 Å². The Kier molecular flexibility index (Phi) is 8.03.